The van der Waals surface area contributed by atoms with Crippen LogP contribution in [0.2, 0.25) is 0 Å². The predicted molar refractivity (Wildman–Crippen MR) is 144 cm³/mol. The number of aryl methyl sites for hydroxylation is 1. The summed E-state index contributed by atoms with van der Waals surface area (Å²) in [5, 5.41) is 7.12. The van der Waals surface area contributed by atoms with Gasteiger partial charge in [0.2, 0.25) is 10.0 Å². The molecule has 0 amide bonds. The fraction of sp³-hybridized carbons (Fsp3) is 0.269. The molecule has 0 atom stereocenters. The van der Waals surface area contributed by atoms with Gasteiger partial charge in [0.05, 0.1) is 40.7 Å². The van der Waals surface area contributed by atoms with Crippen molar-refractivity contribution in [1.29, 1.82) is 0 Å². The normalized spacial score (nSPS) is 12.1. The second kappa shape index (κ2) is 12.3. The Labute approximate surface area is 228 Å². The lowest BCUT2D eigenvalue weighted by Gasteiger charge is -2.18. The van der Waals surface area contributed by atoms with Crippen molar-refractivity contribution in [2.24, 2.45) is 0 Å². The van der Waals surface area contributed by atoms with Gasteiger partial charge in [-0.05, 0) is 48.9 Å². The molecule has 0 radical (unpaired) electrons. The lowest BCUT2D eigenvalue weighted by molar-refractivity contribution is -0.192. The fourth-order valence-corrected chi connectivity index (χ4v) is 5.18. The molecule has 0 aliphatic carbocycles. The number of carbonyl (C=O) groups is 1. The van der Waals surface area contributed by atoms with Crippen molar-refractivity contribution in [3.8, 4) is 11.4 Å². The van der Waals surface area contributed by atoms with E-state index >= 15 is 0 Å². The SMILES string of the molecule is CCN(CC)S(=O)(=O)c1ccc2nc(C=Cc3ccc(-n4cnc(C)c4)c(OC)c3)[nH]c2c1.O=C(O)C(F)(F)F. The first kappa shape index (κ1) is 30.4. The Kier molecular flexibility index (Phi) is 9.37. The Hall–Kier alpha value is -4.17. The van der Waals surface area contributed by atoms with Crippen molar-refractivity contribution in [2.75, 3.05) is 20.2 Å². The number of alkyl halides is 3. The quantitative estimate of drug-likeness (QED) is 0.304. The van der Waals surface area contributed by atoms with E-state index in [-0.39, 0.29) is 4.90 Å². The van der Waals surface area contributed by atoms with Crippen LogP contribution in [-0.2, 0) is 14.8 Å². The van der Waals surface area contributed by atoms with Gasteiger partial charge in [0, 0.05) is 19.3 Å². The molecule has 2 N–H and O–H groups in total. The molecule has 2 heterocycles. The van der Waals surface area contributed by atoms with Crippen molar-refractivity contribution >= 4 is 39.2 Å². The predicted octanol–water partition coefficient (Wildman–Crippen LogP) is 4.90. The third-order valence-corrected chi connectivity index (χ3v) is 7.73. The van der Waals surface area contributed by atoms with E-state index in [1.165, 1.54) is 4.31 Å². The highest BCUT2D eigenvalue weighted by Crippen LogP contribution is 2.26. The van der Waals surface area contributed by atoms with Crippen LogP contribution < -0.4 is 4.74 Å². The number of carboxylic acid groups (broad SMARTS) is 1. The number of fused-ring (bicyclic) bond motifs is 1. The number of H-pyrrole nitrogens is 1. The van der Waals surface area contributed by atoms with Crippen LogP contribution in [0.25, 0.3) is 28.9 Å². The summed E-state index contributed by atoms with van der Waals surface area (Å²) in [6.45, 7) is 6.45. The molecule has 214 valence electrons. The van der Waals surface area contributed by atoms with Crippen molar-refractivity contribution in [3.63, 3.8) is 0 Å². The summed E-state index contributed by atoms with van der Waals surface area (Å²) < 4.78 is 66.3. The van der Waals surface area contributed by atoms with Crippen LogP contribution in [-0.4, -0.2) is 69.7 Å². The van der Waals surface area contributed by atoms with Crippen molar-refractivity contribution in [3.05, 3.63) is 66.0 Å². The Morgan fingerprint density at radius 3 is 2.38 bits per heavy atom. The van der Waals surface area contributed by atoms with Crippen molar-refractivity contribution in [1.82, 2.24) is 23.8 Å². The number of sulfonamides is 1. The third-order valence-electron chi connectivity index (χ3n) is 5.68. The van der Waals surface area contributed by atoms with E-state index in [0.29, 0.717) is 29.9 Å². The molecule has 0 saturated heterocycles. The summed E-state index contributed by atoms with van der Waals surface area (Å²) in [6.07, 6.45) is 2.40. The number of halogens is 3. The highest BCUT2D eigenvalue weighted by molar-refractivity contribution is 7.89. The number of methoxy groups -OCH3 is 1. The van der Waals surface area contributed by atoms with Gasteiger partial charge in [0.15, 0.2) is 0 Å². The van der Waals surface area contributed by atoms with Crippen LogP contribution in [0.15, 0.2) is 53.8 Å². The molecule has 0 fully saturated rings. The Morgan fingerprint density at radius 2 is 1.82 bits per heavy atom. The largest absolute Gasteiger partial charge is 0.495 e. The molecule has 4 rings (SSSR count). The summed E-state index contributed by atoms with van der Waals surface area (Å²) in [4.78, 5) is 21.2. The first-order valence-electron chi connectivity index (χ1n) is 12.0. The first-order chi connectivity index (χ1) is 18.8. The van der Waals surface area contributed by atoms with Crippen LogP contribution in [0.5, 0.6) is 5.75 Å². The van der Waals surface area contributed by atoms with Gasteiger partial charge in [-0.1, -0.05) is 26.0 Å². The minimum Gasteiger partial charge on any atom is -0.495 e. The maximum Gasteiger partial charge on any atom is 0.490 e. The van der Waals surface area contributed by atoms with Gasteiger partial charge >= 0.3 is 12.1 Å². The zero-order chi connectivity index (χ0) is 29.7. The van der Waals surface area contributed by atoms with Gasteiger partial charge < -0.3 is 19.4 Å². The molecule has 0 aliphatic heterocycles. The highest BCUT2D eigenvalue weighted by atomic mass is 32.2. The molecule has 0 bridgehead atoms. The number of aliphatic carboxylic acids is 1. The topological polar surface area (TPSA) is 130 Å². The molecule has 10 nitrogen and oxygen atoms in total. The van der Waals surface area contributed by atoms with Gasteiger partial charge in [-0.15, -0.1) is 0 Å². The molecule has 2 aromatic carbocycles. The molecule has 2 aromatic heterocycles. The number of aromatic nitrogens is 4. The lowest BCUT2D eigenvalue weighted by atomic mass is 10.1. The van der Waals surface area contributed by atoms with Crippen molar-refractivity contribution < 1.29 is 36.2 Å². The maximum atomic E-state index is 12.8. The second-order valence-electron chi connectivity index (χ2n) is 8.38. The van der Waals surface area contributed by atoms with E-state index in [1.54, 1.807) is 31.6 Å². The van der Waals surface area contributed by atoms with Crippen LogP contribution in [0.4, 0.5) is 13.2 Å². The van der Waals surface area contributed by atoms with E-state index in [1.807, 2.05) is 61.9 Å². The number of nitrogens with one attached hydrogen (secondary N) is 1. The molecule has 0 unspecified atom stereocenters. The molecule has 0 spiro atoms. The van der Waals surface area contributed by atoms with Gasteiger partial charge in [-0.2, -0.15) is 17.5 Å². The van der Waals surface area contributed by atoms with Gasteiger partial charge in [-0.25, -0.2) is 23.2 Å². The van der Waals surface area contributed by atoms with Gasteiger partial charge in [0.1, 0.15) is 11.6 Å². The van der Waals surface area contributed by atoms with Crippen molar-refractivity contribution in [2.45, 2.75) is 31.8 Å². The van der Waals surface area contributed by atoms with E-state index in [2.05, 4.69) is 15.0 Å². The number of hydrogen-bond acceptors (Lipinski definition) is 6. The van der Waals surface area contributed by atoms with Crippen LogP contribution >= 0.6 is 0 Å². The summed E-state index contributed by atoms with van der Waals surface area (Å²) >= 11 is 0. The van der Waals surface area contributed by atoms with Gasteiger partial charge in [0.25, 0.3) is 0 Å². The molecule has 40 heavy (non-hydrogen) atoms. The molecule has 0 aliphatic rings. The third kappa shape index (κ3) is 7.07. The Bertz CT molecular complexity index is 1620. The first-order valence-corrected chi connectivity index (χ1v) is 13.4. The number of hydrogen-bond donors (Lipinski definition) is 2. The van der Waals surface area contributed by atoms with Crippen LogP contribution in [0, 0.1) is 6.92 Å². The summed E-state index contributed by atoms with van der Waals surface area (Å²) in [5.74, 6) is -1.39. The Balaban J connectivity index is 0.000000559. The summed E-state index contributed by atoms with van der Waals surface area (Å²) in [5.41, 5.74) is 4.15. The van der Waals surface area contributed by atoms with E-state index in [9.17, 15) is 21.6 Å². The molecular formula is C26H28F3N5O5S. The fourth-order valence-electron chi connectivity index (χ4n) is 3.70. The minimum atomic E-state index is -5.08. The monoisotopic (exact) mass is 579 g/mol. The van der Waals surface area contributed by atoms with E-state index < -0.39 is 22.2 Å². The molecule has 14 heteroatoms. The zero-order valence-corrected chi connectivity index (χ0v) is 22.9. The number of carboxylic acids is 1. The Morgan fingerprint density at radius 1 is 1.15 bits per heavy atom. The number of rotatable bonds is 8. The number of aromatic amines is 1. The smallest absolute Gasteiger partial charge is 0.490 e. The highest BCUT2D eigenvalue weighted by Gasteiger charge is 2.38. The van der Waals surface area contributed by atoms with Crippen LogP contribution in [0.1, 0.15) is 30.9 Å². The standard InChI is InChI=1S/C24H27N5O3S.C2HF3O2/c1-5-29(6-2)33(30,31)19-9-10-20-21(14-19)27-24(26-20)12-8-18-7-11-22(23(13-18)32-4)28-15-17(3)25-16-28;3-2(4,5)1(6)7/h7-16H,5-6H2,1-4H3,(H,26,27);(H,6,7). The zero-order valence-electron chi connectivity index (χ0n) is 22.1. The maximum absolute atomic E-state index is 12.8. The molecule has 4 aromatic rings. The molecule has 0 saturated carbocycles. The number of nitrogens with zero attached hydrogens (tertiary/aromatic N) is 4. The number of benzene rings is 2. The van der Waals surface area contributed by atoms with E-state index in [0.717, 1.165) is 22.7 Å². The van der Waals surface area contributed by atoms with Crippen LogP contribution in [0.3, 0.4) is 0 Å². The number of imidazole rings is 2. The number of ether oxygens (including phenoxy) is 1. The average molecular weight is 580 g/mol. The second-order valence-corrected chi connectivity index (χ2v) is 10.3. The molecular weight excluding hydrogens is 551 g/mol. The minimum absolute atomic E-state index is 0.257. The van der Waals surface area contributed by atoms with Gasteiger partial charge in [-0.3, -0.25) is 0 Å². The average Bonchev–Trinajstić information content (AvgIpc) is 3.52. The summed E-state index contributed by atoms with van der Waals surface area (Å²) in [7, 11) is -1.89. The summed E-state index contributed by atoms with van der Waals surface area (Å²) in [6, 6.07) is 10.9. The van der Waals surface area contributed by atoms with E-state index in [4.69, 9.17) is 14.6 Å². The lowest BCUT2D eigenvalue weighted by Crippen LogP contribution is -2.30.